The first kappa shape index (κ1) is 16.0. The second-order valence-electron chi connectivity index (χ2n) is 5.11. The van der Waals surface area contributed by atoms with Gasteiger partial charge in [0.15, 0.2) is 0 Å². The average Bonchev–Trinajstić information content (AvgIpc) is 3.23. The Morgan fingerprint density at radius 3 is 2.55 bits per heavy atom. The molecule has 0 spiro atoms. The van der Waals surface area contributed by atoms with Crippen molar-refractivity contribution in [3.8, 4) is 0 Å². The molecule has 1 aliphatic carbocycles. The van der Waals surface area contributed by atoms with Crippen molar-refractivity contribution in [2.75, 3.05) is 7.05 Å². The quantitative estimate of drug-likeness (QED) is 0.768. The first-order valence-corrected chi connectivity index (χ1v) is 8.66. The van der Waals surface area contributed by atoms with Crippen LogP contribution in [-0.4, -0.2) is 25.8 Å². The molecule has 20 heavy (non-hydrogen) atoms. The van der Waals surface area contributed by atoms with Gasteiger partial charge in [0.25, 0.3) is 0 Å². The third kappa shape index (κ3) is 2.96. The third-order valence-corrected chi connectivity index (χ3v) is 6.21. The smallest absolute Gasteiger partial charge is 0.207 e. The number of hydrogen-bond acceptors (Lipinski definition) is 2. The molecule has 2 rings (SSSR count). The summed E-state index contributed by atoms with van der Waals surface area (Å²) in [6.45, 7) is 1.83. The predicted octanol–water partition coefficient (Wildman–Crippen LogP) is 3.64. The topological polar surface area (TPSA) is 37.4 Å². The minimum Gasteiger partial charge on any atom is -0.207 e. The summed E-state index contributed by atoms with van der Waals surface area (Å²) in [5.41, 5.74) is 0.0882. The lowest BCUT2D eigenvalue weighted by atomic mass is 10.2. The molecule has 1 aliphatic rings. The maximum absolute atomic E-state index is 14.2. The zero-order valence-corrected chi connectivity index (χ0v) is 13.6. The molecule has 0 bridgehead atoms. The van der Waals surface area contributed by atoms with Crippen molar-refractivity contribution in [3.63, 3.8) is 0 Å². The summed E-state index contributed by atoms with van der Waals surface area (Å²) in [5.74, 6) is -0.597. The lowest BCUT2D eigenvalue weighted by Gasteiger charge is -2.24. The molecule has 1 aromatic carbocycles. The Kier molecular flexibility index (Phi) is 4.64. The van der Waals surface area contributed by atoms with Crippen LogP contribution in [0.25, 0.3) is 0 Å². The summed E-state index contributed by atoms with van der Waals surface area (Å²) in [6.07, 6.45) is 2.01. The second-order valence-corrected chi connectivity index (χ2v) is 7.78. The minimum absolute atomic E-state index is 0.0882. The lowest BCUT2D eigenvalue weighted by molar-refractivity contribution is 0.355. The van der Waals surface area contributed by atoms with Crippen LogP contribution in [0.5, 0.6) is 0 Å². The Morgan fingerprint density at radius 2 is 2.05 bits per heavy atom. The number of halogens is 3. The Labute approximate surface area is 128 Å². The van der Waals surface area contributed by atoms with Gasteiger partial charge in [0.1, 0.15) is 10.7 Å². The first-order chi connectivity index (χ1) is 9.28. The van der Waals surface area contributed by atoms with Crippen molar-refractivity contribution in [3.05, 3.63) is 28.5 Å². The van der Waals surface area contributed by atoms with Crippen LogP contribution in [0.2, 0.25) is 5.02 Å². The molecule has 1 unspecified atom stereocenters. The van der Waals surface area contributed by atoms with Gasteiger partial charge in [-0.3, -0.25) is 0 Å². The molecule has 1 aromatic rings. The van der Waals surface area contributed by atoms with Crippen LogP contribution in [0.1, 0.15) is 25.3 Å². The molecule has 0 aliphatic heterocycles. The molecular weight excluding hydrogens is 324 g/mol. The summed E-state index contributed by atoms with van der Waals surface area (Å²) < 4.78 is 40.5. The van der Waals surface area contributed by atoms with Crippen molar-refractivity contribution in [2.24, 2.45) is 5.92 Å². The lowest BCUT2D eigenvalue weighted by Crippen LogP contribution is -2.37. The van der Waals surface area contributed by atoms with E-state index >= 15 is 0 Å². The van der Waals surface area contributed by atoms with Gasteiger partial charge in [0.05, 0.1) is 5.88 Å². The Hall–Kier alpha value is -0.360. The van der Waals surface area contributed by atoms with Gasteiger partial charge >= 0.3 is 0 Å². The SMILES string of the molecule is CC(C1CC1)N(C)S(=O)(=O)c1cc(Cl)cc(CCl)c1F. The maximum atomic E-state index is 14.2. The van der Waals surface area contributed by atoms with E-state index in [2.05, 4.69) is 0 Å². The van der Waals surface area contributed by atoms with E-state index in [0.29, 0.717) is 5.92 Å². The average molecular weight is 340 g/mol. The van der Waals surface area contributed by atoms with E-state index in [1.807, 2.05) is 6.92 Å². The van der Waals surface area contributed by atoms with E-state index in [0.717, 1.165) is 18.9 Å². The van der Waals surface area contributed by atoms with E-state index in [9.17, 15) is 12.8 Å². The Morgan fingerprint density at radius 1 is 1.45 bits per heavy atom. The van der Waals surface area contributed by atoms with Gasteiger partial charge in [-0.1, -0.05) is 11.6 Å². The molecule has 0 heterocycles. The molecule has 0 N–H and O–H groups in total. The molecule has 0 radical (unpaired) electrons. The van der Waals surface area contributed by atoms with Gasteiger partial charge in [-0.05, 0) is 37.8 Å². The third-order valence-electron chi connectivity index (χ3n) is 3.76. The van der Waals surface area contributed by atoms with Crippen molar-refractivity contribution >= 4 is 33.2 Å². The fraction of sp³-hybridized carbons (Fsp3) is 0.538. The number of sulfonamides is 1. The zero-order valence-electron chi connectivity index (χ0n) is 11.2. The van der Waals surface area contributed by atoms with Crippen molar-refractivity contribution in [2.45, 2.75) is 36.6 Å². The number of benzene rings is 1. The van der Waals surface area contributed by atoms with E-state index in [1.54, 1.807) is 0 Å². The summed E-state index contributed by atoms with van der Waals surface area (Å²) in [5, 5.41) is 0.160. The van der Waals surface area contributed by atoms with E-state index in [4.69, 9.17) is 23.2 Å². The Bertz CT molecular complexity index is 617. The zero-order chi connectivity index (χ0) is 15.1. The molecule has 1 fully saturated rings. The van der Waals surface area contributed by atoms with Crippen LogP contribution in [0.15, 0.2) is 17.0 Å². The molecule has 3 nitrogen and oxygen atoms in total. The number of rotatable bonds is 5. The predicted molar refractivity (Wildman–Crippen MR) is 78.1 cm³/mol. The fourth-order valence-electron chi connectivity index (χ4n) is 2.15. The molecule has 1 atom stereocenters. The monoisotopic (exact) mass is 339 g/mol. The molecule has 0 saturated heterocycles. The van der Waals surface area contributed by atoms with Crippen LogP contribution >= 0.6 is 23.2 Å². The summed E-state index contributed by atoms with van der Waals surface area (Å²) >= 11 is 11.5. The van der Waals surface area contributed by atoms with Crippen LogP contribution < -0.4 is 0 Å². The van der Waals surface area contributed by atoms with Gasteiger partial charge in [-0.15, -0.1) is 11.6 Å². The molecule has 0 amide bonds. The Balaban J connectivity index is 2.45. The van der Waals surface area contributed by atoms with Crippen LogP contribution in [0.4, 0.5) is 4.39 Å². The number of hydrogen-bond donors (Lipinski definition) is 0. The largest absolute Gasteiger partial charge is 0.246 e. The molecule has 0 aromatic heterocycles. The van der Waals surface area contributed by atoms with Gasteiger partial charge in [-0.25, -0.2) is 12.8 Å². The van der Waals surface area contributed by atoms with Gasteiger partial charge in [0.2, 0.25) is 10.0 Å². The molecule has 7 heteroatoms. The van der Waals surface area contributed by atoms with Crippen molar-refractivity contribution in [1.82, 2.24) is 4.31 Å². The van der Waals surface area contributed by atoms with E-state index < -0.39 is 20.7 Å². The van der Waals surface area contributed by atoms with Gasteiger partial charge in [0, 0.05) is 23.7 Å². The number of nitrogens with zero attached hydrogens (tertiary/aromatic N) is 1. The minimum atomic E-state index is -3.91. The van der Waals surface area contributed by atoms with E-state index in [-0.39, 0.29) is 22.5 Å². The molecular formula is C13H16Cl2FNO2S. The summed E-state index contributed by atoms with van der Waals surface area (Å²) in [6, 6.07) is 2.32. The molecule has 112 valence electrons. The summed E-state index contributed by atoms with van der Waals surface area (Å²) in [4.78, 5) is -0.407. The van der Waals surface area contributed by atoms with Gasteiger partial charge in [-0.2, -0.15) is 4.31 Å². The van der Waals surface area contributed by atoms with Crippen molar-refractivity contribution < 1.29 is 12.8 Å². The fourth-order valence-corrected chi connectivity index (χ4v) is 4.21. The normalized spacial score (nSPS) is 17.5. The standard InChI is InChI=1S/C13H16Cl2FNO2S/c1-8(9-3-4-9)17(2)20(18,19)12-6-11(15)5-10(7-14)13(12)16/h5-6,8-9H,3-4,7H2,1-2H3. The van der Waals surface area contributed by atoms with Crippen LogP contribution in [0, 0.1) is 11.7 Å². The van der Waals surface area contributed by atoms with Crippen LogP contribution in [0.3, 0.4) is 0 Å². The number of alkyl halides is 1. The first-order valence-electron chi connectivity index (χ1n) is 6.31. The maximum Gasteiger partial charge on any atom is 0.246 e. The highest BCUT2D eigenvalue weighted by molar-refractivity contribution is 7.89. The van der Waals surface area contributed by atoms with E-state index in [1.165, 1.54) is 17.4 Å². The van der Waals surface area contributed by atoms with Crippen molar-refractivity contribution in [1.29, 1.82) is 0 Å². The second kappa shape index (κ2) is 5.79. The van der Waals surface area contributed by atoms with Crippen LogP contribution in [-0.2, 0) is 15.9 Å². The van der Waals surface area contributed by atoms with Gasteiger partial charge < -0.3 is 0 Å². The highest BCUT2D eigenvalue weighted by Crippen LogP contribution is 2.37. The molecule has 1 saturated carbocycles. The summed E-state index contributed by atoms with van der Waals surface area (Å²) in [7, 11) is -2.44. The highest BCUT2D eigenvalue weighted by Gasteiger charge is 2.37. The highest BCUT2D eigenvalue weighted by atomic mass is 35.5.